The van der Waals surface area contributed by atoms with Crippen molar-refractivity contribution in [2.45, 2.75) is 25.5 Å². The van der Waals surface area contributed by atoms with E-state index in [1.807, 2.05) is 0 Å². The molecule has 1 aromatic rings. The molecule has 1 aromatic carbocycles. The van der Waals surface area contributed by atoms with Crippen LogP contribution >= 0.6 is 0 Å². The van der Waals surface area contributed by atoms with Crippen LogP contribution in [0.4, 0.5) is 14.9 Å². The Hall–Kier alpha value is -2.15. The van der Waals surface area contributed by atoms with E-state index in [-0.39, 0.29) is 30.7 Å². The number of hydrogen-bond donors (Lipinski definition) is 3. The van der Waals surface area contributed by atoms with E-state index < -0.39 is 12.1 Å². The number of carbonyl (C=O) groups excluding carboxylic acids is 2. The molecule has 0 aromatic heterocycles. The first-order valence-electron chi connectivity index (χ1n) is 6.74. The Labute approximate surface area is 121 Å². The molecular formula is C14H18FN3O3. The molecule has 1 heterocycles. The second-order valence-corrected chi connectivity index (χ2v) is 5.09. The van der Waals surface area contributed by atoms with E-state index in [1.165, 1.54) is 29.2 Å². The zero-order chi connectivity index (χ0) is 15.4. The molecule has 2 atom stereocenters. The van der Waals surface area contributed by atoms with Crippen LogP contribution in [0.25, 0.3) is 0 Å². The van der Waals surface area contributed by atoms with Crippen LogP contribution in [0.2, 0.25) is 0 Å². The van der Waals surface area contributed by atoms with Crippen molar-refractivity contribution in [1.29, 1.82) is 0 Å². The first-order chi connectivity index (χ1) is 9.95. The van der Waals surface area contributed by atoms with E-state index in [0.29, 0.717) is 12.2 Å². The van der Waals surface area contributed by atoms with Gasteiger partial charge in [-0.3, -0.25) is 4.79 Å². The summed E-state index contributed by atoms with van der Waals surface area (Å²) in [6.45, 7) is 2.05. The third-order valence-corrected chi connectivity index (χ3v) is 3.16. The molecule has 1 saturated heterocycles. The molecule has 0 radical (unpaired) electrons. The highest BCUT2D eigenvalue weighted by Gasteiger charge is 2.31. The summed E-state index contributed by atoms with van der Waals surface area (Å²) in [5, 5.41) is 14.3. The Bertz CT molecular complexity index is 519. The van der Waals surface area contributed by atoms with Gasteiger partial charge in [0.25, 0.3) is 0 Å². The molecule has 0 saturated carbocycles. The summed E-state index contributed by atoms with van der Waals surface area (Å²) in [4.78, 5) is 25.0. The standard InChI is InChI=1S/C14H18FN3O3/c1-9(19)7-16-14(21)17-11-6-13(20)18(8-11)12-4-2-10(15)3-5-12/h2-5,9,11,19H,6-8H2,1H3,(H2,16,17,21)/t9-,11+/m1/s1. The maximum Gasteiger partial charge on any atom is 0.315 e. The Morgan fingerprint density at radius 2 is 2.14 bits per heavy atom. The van der Waals surface area contributed by atoms with E-state index in [0.717, 1.165) is 0 Å². The molecule has 1 fully saturated rings. The zero-order valence-corrected chi connectivity index (χ0v) is 11.7. The number of anilines is 1. The number of aliphatic hydroxyl groups excluding tert-OH is 1. The van der Waals surface area contributed by atoms with E-state index >= 15 is 0 Å². The van der Waals surface area contributed by atoms with Crippen molar-refractivity contribution in [1.82, 2.24) is 10.6 Å². The second kappa shape index (κ2) is 6.53. The van der Waals surface area contributed by atoms with Gasteiger partial charge in [0.2, 0.25) is 5.91 Å². The molecule has 1 aliphatic heterocycles. The summed E-state index contributed by atoms with van der Waals surface area (Å²) in [5.41, 5.74) is 0.607. The predicted octanol–water partition coefficient (Wildman–Crippen LogP) is 0.611. The summed E-state index contributed by atoms with van der Waals surface area (Å²) >= 11 is 0. The number of rotatable bonds is 4. The summed E-state index contributed by atoms with van der Waals surface area (Å²) in [5.74, 6) is -0.486. The van der Waals surface area contributed by atoms with E-state index in [1.54, 1.807) is 6.92 Å². The Morgan fingerprint density at radius 1 is 1.48 bits per heavy atom. The largest absolute Gasteiger partial charge is 0.392 e. The fourth-order valence-corrected chi connectivity index (χ4v) is 2.15. The molecule has 3 N–H and O–H groups in total. The van der Waals surface area contributed by atoms with Gasteiger partial charge >= 0.3 is 6.03 Å². The number of benzene rings is 1. The summed E-state index contributed by atoms with van der Waals surface area (Å²) in [7, 11) is 0. The van der Waals surface area contributed by atoms with Crippen LogP contribution in [0, 0.1) is 5.82 Å². The summed E-state index contributed by atoms with van der Waals surface area (Å²) < 4.78 is 12.9. The minimum atomic E-state index is -0.628. The molecule has 0 aliphatic carbocycles. The van der Waals surface area contributed by atoms with Crippen molar-refractivity contribution >= 4 is 17.6 Å². The van der Waals surface area contributed by atoms with Gasteiger partial charge in [-0.2, -0.15) is 0 Å². The summed E-state index contributed by atoms with van der Waals surface area (Å²) in [6.07, 6.45) is -0.434. The molecule has 0 spiro atoms. The number of urea groups is 1. The first-order valence-corrected chi connectivity index (χ1v) is 6.74. The van der Waals surface area contributed by atoms with Gasteiger partial charge in [-0.05, 0) is 31.2 Å². The number of nitrogens with one attached hydrogen (secondary N) is 2. The predicted molar refractivity (Wildman–Crippen MR) is 75.4 cm³/mol. The number of carbonyl (C=O) groups is 2. The smallest absolute Gasteiger partial charge is 0.315 e. The molecule has 7 heteroatoms. The van der Waals surface area contributed by atoms with Crippen LogP contribution in [0.5, 0.6) is 0 Å². The maximum absolute atomic E-state index is 12.9. The number of nitrogens with zero attached hydrogens (tertiary/aromatic N) is 1. The monoisotopic (exact) mass is 295 g/mol. The minimum absolute atomic E-state index is 0.123. The van der Waals surface area contributed by atoms with Crippen molar-refractivity contribution in [2.75, 3.05) is 18.0 Å². The molecule has 1 aliphatic rings. The van der Waals surface area contributed by atoms with E-state index in [2.05, 4.69) is 10.6 Å². The molecule has 114 valence electrons. The minimum Gasteiger partial charge on any atom is -0.392 e. The number of halogens is 1. The van der Waals surface area contributed by atoms with Gasteiger partial charge in [0, 0.05) is 25.2 Å². The second-order valence-electron chi connectivity index (χ2n) is 5.09. The van der Waals surface area contributed by atoms with Crippen molar-refractivity contribution in [2.24, 2.45) is 0 Å². The highest BCUT2D eigenvalue weighted by atomic mass is 19.1. The molecule has 0 bridgehead atoms. The van der Waals surface area contributed by atoms with Crippen LogP contribution in [0.15, 0.2) is 24.3 Å². The Morgan fingerprint density at radius 3 is 2.76 bits per heavy atom. The Balaban J connectivity index is 1.90. The van der Waals surface area contributed by atoms with Crippen molar-refractivity contribution in [3.8, 4) is 0 Å². The average Bonchev–Trinajstić information content (AvgIpc) is 2.78. The molecule has 2 rings (SSSR count). The van der Waals surface area contributed by atoms with Crippen LogP contribution in [0.3, 0.4) is 0 Å². The first kappa shape index (κ1) is 15.2. The molecular weight excluding hydrogens is 277 g/mol. The lowest BCUT2D eigenvalue weighted by atomic mass is 10.2. The fourth-order valence-electron chi connectivity index (χ4n) is 2.15. The van der Waals surface area contributed by atoms with E-state index in [4.69, 9.17) is 5.11 Å². The molecule has 0 unspecified atom stereocenters. The lowest BCUT2D eigenvalue weighted by molar-refractivity contribution is -0.117. The number of hydrogen-bond acceptors (Lipinski definition) is 3. The third kappa shape index (κ3) is 4.16. The topological polar surface area (TPSA) is 81.7 Å². The zero-order valence-electron chi connectivity index (χ0n) is 11.7. The van der Waals surface area contributed by atoms with Gasteiger partial charge in [-0.15, -0.1) is 0 Å². The van der Waals surface area contributed by atoms with Gasteiger partial charge in [0.15, 0.2) is 0 Å². The van der Waals surface area contributed by atoms with Gasteiger partial charge in [-0.25, -0.2) is 9.18 Å². The molecule has 6 nitrogen and oxygen atoms in total. The van der Waals surface area contributed by atoms with Crippen LogP contribution in [-0.4, -0.2) is 42.3 Å². The average molecular weight is 295 g/mol. The lowest BCUT2D eigenvalue weighted by Crippen LogP contribution is -2.45. The van der Waals surface area contributed by atoms with E-state index in [9.17, 15) is 14.0 Å². The highest BCUT2D eigenvalue weighted by molar-refractivity contribution is 5.96. The van der Waals surface area contributed by atoms with Gasteiger partial charge < -0.3 is 20.6 Å². The maximum atomic E-state index is 12.9. The van der Waals surface area contributed by atoms with Crippen molar-refractivity contribution in [3.05, 3.63) is 30.1 Å². The van der Waals surface area contributed by atoms with Crippen LogP contribution in [0.1, 0.15) is 13.3 Å². The van der Waals surface area contributed by atoms with Crippen molar-refractivity contribution < 1.29 is 19.1 Å². The quantitative estimate of drug-likeness (QED) is 0.761. The molecule has 3 amide bonds. The van der Waals surface area contributed by atoms with Crippen LogP contribution in [-0.2, 0) is 4.79 Å². The normalized spacial score (nSPS) is 19.5. The molecule has 21 heavy (non-hydrogen) atoms. The highest BCUT2D eigenvalue weighted by Crippen LogP contribution is 2.21. The van der Waals surface area contributed by atoms with Gasteiger partial charge in [0.05, 0.1) is 12.1 Å². The lowest BCUT2D eigenvalue weighted by Gasteiger charge is -2.17. The number of aliphatic hydroxyl groups is 1. The fraction of sp³-hybridized carbons (Fsp3) is 0.429. The van der Waals surface area contributed by atoms with Crippen molar-refractivity contribution in [3.63, 3.8) is 0 Å². The summed E-state index contributed by atoms with van der Waals surface area (Å²) in [6, 6.07) is 4.91. The third-order valence-electron chi connectivity index (χ3n) is 3.16. The SMILES string of the molecule is C[C@@H](O)CNC(=O)N[C@H]1CC(=O)N(c2ccc(F)cc2)C1. The van der Waals surface area contributed by atoms with Gasteiger partial charge in [-0.1, -0.05) is 0 Å². The number of amides is 3. The Kier molecular flexibility index (Phi) is 4.74. The van der Waals surface area contributed by atoms with Crippen LogP contribution < -0.4 is 15.5 Å². The van der Waals surface area contributed by atoms with Gasteiger partial charge in [0.1, 0.15) is 5.82 Å².